The van der Waals surface area contributed by atoms with Crippen LogP contribution in [0.1, 0.15) is 21.6 Å². The van der Waals surface area contributed by atoms with Gasteiger partial charge in [0.05, 0.1) is 6.61 Å². The largest absolute Gasteiger partial charge is 0.380 e. The lowest BCUT2D eigenvalue weighted by Crippen LogP contribution is -2.50. The topological polar surface area (TPSA) is 95.6 Å². The second-order valence-corrected chi connectivity index (χ2v) is 11.3. The molecular weight excluding hydrogens is 512 g/mol. The van der Waals surface area contributed by atoms with Crippen molar-refractivity contribution in [3.63, 3.8) is 0 Å². The summed E-state index contributed by atoms with van der Waals surface area (Å²) in [6.45, 7) is 3.07. The zero-order valence-corrected chi connectivity index (χ0v) is 22.1. The second-order valence-electron chi connectivity index (χ2n) is 9.02. The van der Waals surface area contributed by atoms with E-state index in [9.17, 15) is 13.2 Å². The number of nitrogens with zero attached hydrogens (tertiary/aromatic N) is 3. The van der Waals surface area contributed by atoms with Crippen molar-refractivity contribution in [2.75, 3.05) is 33.3 Å². The summed E-state index contributed by atoms with van der Waals surface area (Å²) in [5, 5.41) is 1.34. The number of halogens is 1. The maximum atomic E-state index is 13.6. The van der Waals surface area contributed by atoms with Gasteiger partial charge in [-0.1, -0.05) is 23.7 Å². The molecule has 0 spiro atoms. The summed E-state index contributed by atoms with van der Waals surface area (Å²) in [5.74, 6) is -0.116. The average Bonchev–Trinajstić information content (AvgIpc) is 3.27. The van der Waals surface area contributed by atoms with Gasteiger partial charge in [-0.3, -0.25) is 9.78 Å². The quantitative estimate of drug-likeness (QED) is 0.390. The van der Waals surface area contributed by atoms with Crippen molar-refractivity contribution in [3.05, 3.63) is 82.6 Å². The van der Waals surface area contributed by atoms with Gasteiger partial charge in [-0.05, 0) is 60.5 Å². The van der Waals surface area contributed by atoms with Crippen molar-refractivity contribution in [1.29, 1.82) is 0 Å². The fourth-order valence-electron chi connectivity index (χ4n) is 4.68. The lowest BCUT2D eigenvalue weighted by atomic mass is 10.0. The number of carbonyl (C=O) groups is 1. The first-order valence-electron chi connectivity index (χ1n) is 11.9. The summed E-state index contributed by atoms with van der Waals surface area (Å²) in [6.07, 6.45) is 1.76. The van der Waals surface area contributed by atoms with Gasteiger partial charge in [0.15, 0.2) is 5.03 Å². The summed E-state index contributed by atoms with van der Waals surface area (Å²) >= 11 is 6.15. The van der Waals surface area contributed by atoms with Crippen molar-refractivity contribution in [2.45, 2.75) is 18.6 Å². The summed E-state index contributed by atoms with van der Waals surface area (Å²) in [5.41, 5.74) is 4.76. The minimum Gasteiger partial charge on any atom is -0.380 e. The van der Waals surface area contributed by atoms with E-state index in [1.165, 1.54) is 11.4 Å². The van der Waals surface area contributed by atoms with Gasteiger partial charge in [0.1, 0.15) is 0 Å². The lowest BCUT2D eigenvalue weighted by molar-refractivity contribution is 0.0697. The molecule has 8 nitrogen and oxygen atoms in total. The van der Waals surface area contributed by atoms with E-state index in [0.717, 1.165) is 16.8 Å². The second kappa shape index (κ2) is 10.3. The first-order valence-corrected chi connectivity index (χ1v) is 13.7. The molecule has 2 aromatic heterocycles. The fraction of sp³-hybridized carbons (Fsp3) is 0.259. The molecule has 0 unspecified atom stereocenters. The van der Waals surface area contributed by atoms with Gasteiger partial charge in [-0.25, -0.2) is 8.42 Å². The summed E-state index contributed by atoms with van der Waals surface area (Å²) < 4.78 is 33.9. The third-order valence-electron chi connectivity index (χ3n) is 6.60. The van der Waals surface area contributed by atoms with Crippen LogP contribution < -0.4 is 0 Å². The number of piperazine rings is 1. The number of carbonyl (C=O) groups excluding carboxylic acids is 1. The standard InChI is InChI=1S/C27H27ClN4O4S/c1-18-15-21(9-10-29-18)19-3-5-20(6-4-19)27(33)31-11-13-32(14-12-31)37(34,35)26-24(17-36-2)23-16-22(28)7-8-25(23)30-26/h3-10,15-16,30H,11-14,17H2,1-2H3. The van der Waals surface area contributed by atoms with E-state index in [-0.39, 0.29) is 30.6 Å². The summed E-state index contributed by atoms with van der Waals surface area (Å²) in [4.78, 5) is 22.1. The fourth-order valence-corrected chi connectivity index (χ4v) is 6.47. The number of aromatic amines is 1. The van der Waals surface area contributed by atoms with E-state index < -0.39 is 10.0 Å². The van der Waals surface area contributed by atoms with Crippen molar-refractivity contribution in [3.8, 4) is 11.1 Å². The Bertz CT molecular complexity index is 1560. The molecular formula is C27H27ClN4O4S. The van der Waals surface area contributed by atoms with Gasteiger partial charge in [-0.15, -0.1) is 0 Å². The number of fused-ring (bicyclic) bond motifs is 1. The first-order chi connectivity index (χ1) is 17.8. The molecule has 4 aromatic rings. The lowest BCUT2D eigenvalue weighted by Gasteiger charge is -2.34. The van der Waals surface area contributed by atoms with Crippen molar-refractivity contribution in [1.82, 2.24) is 19.2 Å². The molecule has 3 heterocycles. The van der Waals surface area contributed by atoms with Crippen LogP contribution in [0.3, 0.4) is 0 Å². The van der Waals surface area contributed by atoms with E-state index in [4.69, 9.17) is 16.3 Å². The van der Waals surface area contributed by atoms with Crippen LogP contribution in [0.4, 0.5) is 0 Å². The van der Waals surface area contributed by atoms with Crippen LogP contribution >= 0.6 is 11.6 Å². The van der Waals surface area contributed by atoms with Gasteiger partial charge in [0, 0.05) is 72.2 Å². The summed E-state index contributed by atoms with van der Waals surface area (Å²) in [6, 6.07) is 16.6. The Labute approximate surface area is 220 Å². The number of H-pyrrole nitrogens is 1. The molecule has 1 aliphatic rings. The van der Waals surface area contributed by atoms with Gasteiger partial charge in [0.2, 0.25) is 0 Å². The van der Waals surface area contributed by atoms with Crippen molar-refractivity contribution >= 4 is 38.4 Å². The van der Waals surface area contributed by atoms with Crippen LogP contribution in [0.15, 0.2) is 65.8 Å². The minimum atomic E-state index is -3.83. The number of benzene rings is 2. The zero-order valence-electron chi connectivity index (χ0n) is 20.6. The molecule has 0 atom stereocenters. The van der Waals surface area contributed by atoms with E-state index in [1.807, 2.05) is 43.3 Å². The number of rotatable bonds is 6. The highest BCUT2D eigenvalue weighted by molar-refractivity contribution is 7.89. The molecule has 2 aromatic carbocycles. The smallest absolute Gasteiger partial charge is 0.259 e. The number of sulfonamides is 1. The van der Waals surface area contributed by atoms with Gasteiger partial charge >= 0.3 is 0 Å². The molecule has 0 radical (unpaired) electrons. The van der Waals surface area contributed by atoms with E-state index in [0.29, 0.717) is 40.1 Å². The highest BCUT2D eigenvalue weighted by Gasteiger charge is 2.33. The Kier molecular flexibility index (Phi) is 7.04. The molecule has 1 aliphatic heterocycles. The SMILES string of the molecule is COCc1c(S(=O)(=O)N2CCN(C(=O)c3ccc(-c4ccnc(C)c4)cc3)CC2)[nH]c2ccc(Cl)cc12. The number of aromatic nitrogens is 2. The van der Waals surface area contributed by atoms with Crippen molar-refractivity contribution in [2.24, 2.45) is 0 Å². The highest BCUT2D eigenvalue weighted by Crippen LogP contribution is 2.31. The number of hydrogen-bond donors (Lipinski definition) is 1. The Hall–Kier alpha value is -3.24. The number of amides is 1. The van der Waals surface area contributed by atoms with Crippen LogP contribution in [-0.4, -0.2) is 66.8 Å². The number of hydrogen-bond acceptors (Lipinski definition) is 5. The number of aryl methyl sites for hydroxylation is 1. The van der Waals surface area contributed by atoms with E-state index >= 15 is 0 Å². The Morgan fingerprint density at radius 2 is 1.76 bits per heavy atom. The molecule has 5 rings (SSSR count). The molecule has 1 amide bonds. The van der Waals surface area contributed by atoms with Gasteiger partial charge in [-0.2, -0.15) is 4.31 Å². The van der Waals surface area contributed by atoms with Crippen LogP contribution in [0.25, 0.3) is 22.0 Å². The van der Waals surface area contributed by atoms with Crippen molar-refractivity contribution < 1.29 is 17.9 Å². The molecule has 10 heteroatoms. The number of nitrogens with one attached hydrogen (secondary N) is 1. The molecule has 0 bridgehead atoms. The third-order valence-corrected chi connectivity index (χ3v) is 8.75. The highest BCUT2D eigenvalue weighted by atomic mass is 35.5. The summed E-state index contributed by atoms with van der Waals surface area (Å²) in [7, 11) is -2.31. The Morgan fingerprint density at radius 1 is 1.03 bits per heavy atom. The Balaban J connectivity index is 1.31. The average molecular weight is 539 g/mol. The number of methoxy groups -OCH3 is 1. The normalized spacial score (nSPS) is 14.8. The van der Waals surface area contributed by atoms with Gasteiger partial charge < -0.3 is 14.6 Å². The maximum absolute atomic E-state index is 13.6. The number of ether oxygens (including phenoxy) is 1. The predicted octanol–water partition coefficient (Wildman–Crippen LogP) is 4.48. The van der Waals surface area contributed by atoms with Crippen LogP contribution in [0.2, 0.25) is 5.02 Å². The minimum absolute atomic E-state index is 0.105. The van der Waals surface area contributed by atoms with Crippen LogP contribution in [-0.2, 0) is 21.4 Å². The first kappa shape index (κ1) is 25.4. The van der Waals surface area contributed by atoms with Gasteiger partial charge in [0.25, 0.3) is 15.9 Å². The maximum Gasteiger partial charge on any atom is 0.259 e. The molecule has 0 aliphatic carbocycles. The number of pyridine rings is 1. The molecule has 0 saturated carbocycles. The zero-order chi connectivity index (χ0) is 26.2. The molecule has 1 fully saturated rings. The third kappa shape index (κ3) is 5.00. The van der Waals surface area contributed by atoms with E-state index in [1.54, 1.807) is 29.3 Å². The van der Waals surface area contributed by atoms with Crippen LogP contribution in [0, 0.1) is 6.92 Å². The van der Waals surface area contributed by atoms with E-state index in [2.05, 4.69) is 9.97 Å². The monoisotopic (exact) mass is 538 g/mol. The molecule has 1 N–H and O–H groups in total. The predicted molar refractivity (Wildman–Crippen MR) is 143 cm³/mol. The van der Waals surface area contributed by atoms with Crippen LogP contribution in [0.5, 0.6) is 0 Å². The molecule has 37 heavy (non-hydrogen) atoms. The molecule has 192 valence electrons. The Morgan fingerprint density at radius 3 is 2.43 bits per heavy atom. The molecule has 1 saturated heterocycles.